The predicted octanol–water partition coefficient (Wildman–Crippen LogP) is 4.51. The molecule has 3 heterocycles. The number of aryl methyl sites for hydroxylation is 2. The second kappa shape index (κ2) is 10.4. The summed E-state index contributed by atoms with van der Waals surface area (Å²) in [6, 6.07) is 19.7. The topological polar surface area (TPSA) is 141 Å². The van der Waals surface area contributed by atoms with E-state index in [0.717, 1.165) is 16.7 Å². The molecule has 0 radical (unpaired) electrons. The molecule has 0 aliphatic carbocycles. The number of rotatable bonds is 8. The van der Waals surface area contributed by atoms with Gasteiger partial charge in [-0.2, -0.15) is 5.10 Å². The number of oxazole rings is 1. The minimum absolute atomic E-state index is 0.103. The number of carbonyl (C=O) groups is 1. The molecule has 5 aromatic rings. The lowest BCUT2D eigenvalue weighted by atomic mass is 10.1. The van der Waals surface area contributed by atoms with Crippen molar-refractivity contribution in [2.75, 3.05) is 17.1 Å². The van der Waals surface area contributed by atoms with E-state index in [9.17, 15) is 13.2 Å². The van der Waals surface area contributed by atoms with Gasteiger partial charge in [0.15, 0.2) is 10.7 Å². The number of hydrogen-bond donors (Lipinski definition) is 2. The summed E-state index contributed by atoms with van der Waals surface area (Å²) in [5.41, 5.74) is 3.35. The van der Waals surface area contributed by atoms with Crippen LogP contribution in [-0.2, 0) is 17.1 Å². The summed E-state index contributed by atoms with van der Waals surface area (Å²) in [7, 11) is -1.27. The fraction of sp³-hybridized carbons (Fsp3) is 0.111. The Morgan fingerprint density at radius 3 is 2.49 bits per heavy atom. The normalized spacial score (nSPS) is 11.3. The third-order valence-corrected chi connectivity index (χ3v) is 7.21. The van der Waals surface area contributed by atoms with Crippen LogP contribution >= 0.6 is 0 Å². The van der Waals surface area contributed by atoms with Crippen LogP contribution in [0.2, 0.25) is 0 Å². The average molecular weight is 545 g/mol. The van der Waals surface area contributed by atoms with Crippen molar-refractivity contribution in [2.45, 2.75) is 11.8 Å². The molecule has 12 heteroatoms. The molecule has 0 fully saturated rings. The molecule has 0 atom stereocenters. The standard InChI is InChI=1S/C27H24N6O5S/c1-17-9-7-8-12-20(17)21-14-24(33(2)31-21)32-39(35,36)23-13-19(15-28-26(23)37-3)30-25(34)27-29-16-22(38-27)18-10-5-4-6-11-18/h4-16,32H,1-3H3,(H,30,34). The van der Waals surface area contributed by atoms with E-state index in [4.69, 9.17) is 9.15 Å². The molecule has 3 aromatic heterocycles. The number of sulfonamides is 1. The molecule has 0 spiro atoms. The summed E-state index contributed by atoms with van der Waals surface area (Å²) >= 11 is 0. The Hall–Kier alpha value is -4.97. The molecule has 5 rings (SSSR count). The molecule has 1 amide bonds. The summed E-state index contributed by atoms with van der Waals surface area (Å²) in [5, 5.41) is 7.02. The number of nitrogens with zero attached hydrogens (tertiary/aromatic N) is 4. The zero-order valence-electron chi connectivity index (χ0n) is 21.2. The first-order valence-corrected chi connectivity index (χ1v) is 13.2. The summed E-state index contributed by atoms with van der Waals surface area (Å²) in [4.78, 5) is 20.6. The fourth-order valence-electron chi connectivity index (χ4n) is 3.89. The van der Waals surface area contributed by atoms with E-state index < -0.39 is 15.9 Å². The molecule has 0 bridgehead atoms. The van der Waals surface area contributed by atoms with Gasteiger partial charge in [-0.1, -0.05) is 54.6 Å². The van der Waals surface area contributed by atoms with Crippen molar-refractivity contribution in [1.82, 2.24) is 19.7 Å². The van der Waals surface area contributed by atoms with Crippen LogP contribution in [0.3, 0.4) is 0 Å². The highest BCUT2D eigenvalue weighted by Gasteiger charge is 2.25. The molecule has 11 nitrogen and oxygen atoms in total. The number of nitrogens with one attached hydrogen (secondary N) is 2. The number of hydrogen-bond acceptors (Lipinski definition) is 8. The van der Waals surface area contributed by atoms with Gasteiger partial charge in [-0.15, -0.1) is 0 Å². The number of ether oxygens (including phenoxy) is 1. The maximum atomic E-state index is 13.4. The third kappa shape index (κ3) is 5.36. The maximum absolute atomic E-state index is 13.4. The fourth-order valence-corrected chi connectivity index (χ4v) is 5.12. The van der Waals surface area contributed by atoms with Gasteiger partial charge in [0.1, 0.15) is 5.82 Å². The van der Waals surface area contributed by atoms with Gasteiger partial charge in [0, 0.05) is 24.2 Å². The number of benzene rings is 2. The van der Waals surface area contributed by atoms with Crippen molar-refractivity contribution >= 4 is 27.4 Å². The summed E-state index contributed by atoms with van der Waals surface area (Å²) in [5.74, 6) is -0.356. The van der Waals surface area contributed by atoms with E-state index in [1.54, 1.807) is 13.1 Å². The van der Waals surface area contributed by atoms with Gasteiger partial charge in [0.25, 0.3) is 15.9 Å². The number of amides is 1. The van der Waals surface area contributed by atoms with Crippen molar-refractivity contribution in [2.24, 2.45) is 7.05 Å². The van der Waals surface area contributed by atoms with Crippen molar-refractivity contribution in [1.29, 1.82) is 0 Å². The first-order valence-electron chi connectivity index (χ1n) is 11.7. The quantitative estimate of drug-likeness (QED) is 0.291. The van der Waals surface area contributed by atoms with Crippen LogP contribution in [0.1, 0.15) is 16.2 Å². The van der Waals surface area contributed by atoms with Crippen LogP contribution < -0.4 is 14.8 Å². The van der Waals surface area contributed by atoms with Gasteiger partial charge in [0.05, 0.1) is 30.9 Å². The van der Waals surface area contributed by atoms with Gasteiger partial charge in [-0.05, 0) is 18.6 Å². The molecule has 0 unspecified atom stereocenters. The molecular formula is C27H24N6O5S. The van der Waals surface area contributed by atoms with E-state index in [1.807, 2.05) is 61.5 Å². The zero-order valence-corrected chi connectivity index (χ0v) is 22.1. The van der Waals surface area contributed by atoms with E-state index in [2.05, 4.69) is 25.1 Å². The van der Waals surface area contributed by atoms with E-state index in [-0.39, 0.29) is 28.2 Å². The number of methoxy groups -OCH3 is 1. The molecule has 2 N–H and O–H groups in total. The number of carbonyl (C=O) groups excluding carboxylic acids is 1. The van der Waals surface area contributed by atoms with Crippen LogP contribution in [0, 0.1) is 6.92 Å². The Kier molecular flexibility index (Phi) is 6.86. The van der Waals surface area contributed by atoms with Gasteiger partial charge >= 0.3 is 5.91 Å². The first kappa shape index (κ1) is 25.7. The van der Waals surface area contributed by atoms with E-state index >= 15 is 0 Å². The van der Waals surface area contributed by atoms with Crippen molar-refractivity contribution in [3.8, 4) is 28.5 Å². The van der Waals surface area contributed by atoms with E-state index in [1.165, 1.54) is 30.3 Å². The highest BCUT2D eigenvalue weighted by Crippen LogP contribution is 2.29. The molecule has 0 saturated carbocycles. The lowest BCUT2D eigenvalue weighted by Crippen LogP contribution is -2.18. The minimum Gasteiger partial charge on any atom is -0.480 e. The Morgan fingerprint density at radius 2 is 1.74 bits per heavy atom. The van der Waals surface area contributed by atoms with Gasteiger partial charge in [0.2, 0.25) is 5.88 Å². The lowest BCUT2D eigenvalue weighted by molar-refractivity contribution is 0.0991. The van der Waals surface area contributed by atoms with Crippen LogP contribution in [0.25, 0.3) is 22.6 Å². The smallest absolute Gasteiger partial charge is 0.311 e. The first-order chi connectivity index (χ1) is 18.7. The van der Waals surface area contributed by atoms with Gasteiger partial charge in [-0.3, -0.25) is 14.2 Å². The largest absolute Gasteiger partial charge is 0.480 e. The SMILES string of the molecule is COc1ncc(NC(=O)c2ncc(-c3ccccc3)o2)cc1S(=O)(=O)Nc1cc(-c2ccccc2C)nn1C. The molecule has 39 heavy (non-hydrogen) atoms. The minimum atomic E-state index is -4.20. The van der Waals surface area contributed by atoms with Crippen molar-refractivity contribution in [3.63, 3.8) is 0 Å². The zero-order chi connectivity index (χ0) is 27.6. The highest BCUT2D eigenvalue weighted by molar-refractivity contribution is 7.92. The third-order valence-electron chi connectivity index (χ3n) is 5.86. The van der Waals surface area contributed by atoms with E-state index in [0.29, 0.717) is 11.5 Å². The van der Waals surface area contributed by atoms with Crippen LogP contribution in [0.15, 0.2) is 88.4 Å². The molecule has 0 aliphatic heterocycles. The molecule has 2 aromatic carbocycles. The van der Waals surface area contributed by atoms with Crippen molar-refractivity contribution in [3.05, 3.63) is 90.6 Å². The Labute approximate surface area is 224 Å². The van der Waals surface area contributed by atoms with Crippen LogP contribution in [-0.4, -0.2) is 41.2 Å². The van der Waals surface area contributed by atoms with Crippen LogP contribution in [0.4, 0.5) is 11.5 Å². The highest BCUT2D eigenvalue weighted by atomic mass is 32.2. The van der Waals surface area contributed by atoms with Crippen molar-refractivity contribution < 1.29 is 22.4 Å². The predicted molar refractivity (Wildman–Crippen MR) is 145 cm³/mol. The number of aromatic nitrogens is 4. The molecule has 0 saturated heterocycles. The van der Waals surface area contributed by atoms with Gasteiger partial charge in [-0.25, -0.2) is 18.4 Å². The average Bonchev–Trinajstić information content (AvgIpc) is 3.57. The molecule has 198 valence electrons. The molecular weight excluding hydrogens is 520 g/mol. The number of anilines is 2. The summed E-state index contributed by atoms with van der Waals surface area (Å²) in [6.07, 6.45) is 2.71. The Balaban J connectivity index is 1.39. The monoisotopic (exact) mass is 544 g/mol. The summed E-state index contributed by atoms with van der Waals surface area (Å²) in [6.45, 7) is 1.95. The number of pyridine rings is 1. The maximum Gasteiger partial charge on any atom is 0.311 e. The Bertz CT molecular complexity index is 1760. The second-order valence-electron chi connectivity index (χ2n) is 8.54. The summed E-state index contributed by atoms with van der Waals surface area (Å²) < 4.78 is 41.5. The molecule has 0 aliphatic rings. The van der Waals surface area contributed by atoms with Crippen LogP contribution in [0.5, 0.6) is 5.88 Å². The lowest BCUT2D eigenvalue weighted by Gasteiger charge is -2.12. The second-order valence-corrected chi connectivity index (χ2v) is 10.2. The van der Waals surface area contributed by atoms with Gasteiger partial charge < -0.3 is 14.5 Å². The Morgan fingerprint density at radius 1 is 1.00 bits per heavy atom.